The summed E-state index contributed by atoms with van der Waals surface area (Å²) < 4.78 is 0. The van der Waals surface area contributed by atoms with Gasteiger partial charge in [-0.15, -0.1) is 0 Å². The second-order valence-electron chi connectivity index (χ2n) is 7.76. The molecule has 4 nitrogen and oxygen atoms in total. The highest BCUT2D eigenvalue weighted by Gasteiger charge is 2.30. The van der Waals surface area contributed by atoms with Crippen LogP contribution in [0.25, 0.3) is 0 Å². The zero-order valence-corrected chi connectivity index (χ0v) is 20.2. The van der Waals surface area contributed by atoms with E-state index >= 15 is 0 Å². The van der Waals surface area contributed by atoms with Gasteiger partial charge in [0.1, 0.15) is 6.04 Å². The topological polar surface area (TPSA) is 49.4 Å². The van der Waals surface area contributed by atoms with Crippen molar-refractivity contribution in [1.29, 1.82) is 0 Å². The molecule has 0 heterocycles. The van der Waals surface area contributed by atoms with E-state index in [0.29, 0.717) is 31.2 Å². The summed E-state index contributed by atoms with van der Waals surface area (Å²) in [4.78, 5) is 27.8. The van der Waals surface area contributed by atoms with Gasteiger partial charge in [-0.3, -0.25) is 9.59 Å². The van der Waals surface area contributed by atoms with E-state index in [1.165, 1.54) is 4.90 Å². The van der Waals surface area contributed by atoms with Crippen molar-refractivity contribution in [3.8, 4) is 0 Å². The summed E-state index contributed by atoms with van der Waals surface area (Å²) in [6.07, 6.45) is 4.07. The lowest BCUT2D eigenvalue weighted by Gasteiger charge is -2.30. The number of carbonyl (C=O) groups excluding carboxylic acids is 2. The van der Waals surface area contributed by atoms with Crippen LogP contribution in [0.5, 0.6) is 0 Å². The summed E-state index contributed by atoms with van der Waals surface area (Å²) in [5.41, 5.74) is 1.11. The van der Waals surface area contributed by atoms with Crippen molar-refractivity contribution in [2.75, 3.05) is 0 Å². The number of nitrogens with one attached hydrogen (secondary N) is 1. The fourth-order valence-corrected chi connectivity index (χ4v) is 4.83. The van der Waals surface area contributed by atoms with Crippen molar-refractivity contribution in [2.45, 2.75) is 57.7 Å². The SMILES string of the molecule is C[C@H](C(=O)NC1CCCC1)N(Cc1c(Cl)cccc1Cl)C(=O)Cc1c(Cl)cccc1Cl. The van der Waals surface area contributed by atoms with Crippen molar-refractivity contribution < 1.29 is 9.59 Å². The smallest absolute Gasteiger partial charge is 0.242 e. The third-order valence-electron chi connectivity index (χ3n) is 5.65. The molecule has 0 saturated heterocycles. The minimum atomic E-state index is -0.721. The Morgan fingerprint density at radius 2 is 1.42 bits per heavy atom. The second-order valence-corrected chi connectivity index (χ2v) is 9.39. The van der Waals surface area contributed by atoms with Crippen molar-refractivity contribution in [3.63, 3.8) is 0 Å². The van der Waals surface area contributed by atoms with Crippen LogP contribution in [-0.4, -0.2) is 28.8 Å². The van der Waals surface area contributed by atoms with Crippen LogP contribution in [0.1, 0.15) is 43.7 Å². The molecule has 3 rings (SSSR count). The minimum absolute atomic E-state index is 0.0401. The Morgan fingerprint density at radius 1 is 0.935 bits per heavy atom. The van der Waals surface area contributed by atoms with E-state index in [1.54, 1.807) is 43.3 Å². The van der Waals surface area contributed by atoms with Crippen LogP contribution < -0.4 is 5.32 Å². The van der Waals surface area contributed by atoms with Crippen molar-refractivity contribution in [1.82, 2.24) is 10.2 Å². The van der Waals surface area contributed by atoms with Crippen LogP contribution in [0.2, 0.25) is 20.1 Å². The summed E-state index contributed by atoms with van der Waals surface area (Å²) in [6.45, 7) is 1.81. The van der Waals surface area contributed by atoms with Gasteiger partial charge in [0.2, 0.25) is 11.8 Å². The fourth-order valence-electron chi connectivity index (χ4n) is 3.78. The van der Waals surface area contributed by atoms with Crippen LogP contribution in [0.4, 0.5) is 0 Å². The molecule has 1 N–H and O–H groups in total. The lowest BCUT2D eigenvalue weighted by molar-refractivity contribution is -0.140. The predicted octanol–water partition coefficient (Wildman–Crippen LogP) is 6.32. The fraction of sp³-hybridized carbons (Fsp3) is 0.391. The molecule has 2 aromatic rings. The molecular weight excluding hydrogens is 478 g/mol. The van der Waals surface area contributed by atoms with Crippen LogP contribution in [0.15, 0.2) is 36.4 Å². The van der Waals surface area contributed by atoms with Gasteiger partial charge >= 0.3 is 0 Å². The largest absolute Gasteiger partial charge is 0.352 e. The molecule has 2 amide bonds. The van der Waals surface area contributed by atoms with Crippen LogP contribution >= 0.6 is 46.4 Å². The molecule has 1 aliphatic carbocycles. The van der Waals surface area contributed by atoms with Crippen LogP contribution in [0.3, 0.4) is 0 Å². The third-order valence-corrected chi connectivity index (χ3v) is 7.07. The number of benzene rings is 2. The predicted molar refractivity (Wildman–Crippen MR) is 127 cm³/mol. The van der Waals surface area contributed by atoms with Crippen LogP contribution in [-0.2, 0) is 22.6 Å². The van der Waals surface area contributed by atoms with Gasteiger partial charge in [-0.1, -0.05) is 71.4 Å². The monoisotopic (exact) mass is 500 g/mol. The average molecular weight is 502 g/mol. The summed E-state index contributed by atoms with van der Waals surface area (Å²) >= 11 is 25.2. The molecule has 0 unspecified atom stereocenters. The molecule has 1 aliphatic rings. The van der Waals surface area contributed by atoms with E-state index < -0.39 is 6.04 Å². The lowest BCUT2D eigenvalue weighted by atomic mass is 10.1. The van der Waals surface area contributed by atoms with E-state index in [2.05, 4.69) is 5.32 Å². The molecule has 2 aromatic carbocycles. The zero-order chi connectivity index (χ0) is 22.5. The molecule has 31 heavy (non-hydrogen) atoms. The van der Waals surface area contributed by atoms with Gasteiger partial charge in [0, 0.05) is 38.2 Å². The molecule has 0 spiro atoms. The molecule has 1 fully saturated rings. The Hall–Kier alpha value is -1.46. The Labute approximate surface area is 202 Å². The molecule has 0 radical (unpaired) electrons. The van der Waals surface area contributed by atoms with Crippen molar-refractivity contribution in [2.24, 2.45) is 0 Å². The summed E-state index contributed by atoms with van der Waals surface area (Å²) in [6, 6.07) is 9.66. The standard InChI is InChI=1S/C23H24Cl4N2O2/c1-14(23(31)28-15-6-2-3-7-15)29(13-17-20(26)10-5-11-21(17)27)22(30)12-16-18(24)8-4-9-19(16)25/h4-5,8-11,14-15H,2-3,6-7,12-13H2,1H3,(H,28,31)/t14-/m1/s1. The highest BCUT2D eigenvalue weighted by atomic mass is 35.5. The normalized spacial score (nSPS) is 15.0. The molecule has 0 bridgehead atoms. The van der Waals surface area contributed by atoms with E-state index in [4.69, 9.17) is 46.4 Å². The maximum atomic E-state index is 13.4. The first-order chi connectivity index (χ1) is 14.8. The first-order valence-corrected chi connectivity index (χ1v) is 11.7. The molecule has 1 atom stereocenters. The van der Waals surface area contributed by atoms with Gasteiger partial charge in [-0.05, 0) is 49.6 Å². The molecular formula is C23H24Cl4N2O2. The van der Waals surface area contributed by atoms with Gasteiger partial charge in [0.05, 0.1) is 6.42 Å². The Bertz CT molecular complexity index is 920. The number of carbonyl (C=O) groups is 2. The van der Waals surface area contributed by atoms with Crippen molar-refractivity contribution >= 4 is 58.2 Å². The highest BCUT2D eigenvalue weighted by Crippen LogP contribution is 2.29. The number of hydrogen-bond donors (Lipinski definition) is 1. The summed E-state index contributed by atoms with van der Waals surface area (Å²) in [5, 5.41) is 4.74. The quantitative estimate of drug-likeness (QED) is 0.482. The van der Waals surface area contributed by atoms with Gasteiger partial charge in [0.25, 0.3) is 0 Å². The van der Waals surface area contributed by atoms with Gasteiger partial charge in [-0.2, -0.15) is 0 Å². The Balaban J connectivity index is 1.87. The van der Waals surface area contributed by atoms with Crippen molar-refractivity contribution in [3.05, 3.63) is 67.6 Å². The first-order valence-electron chi connectivity index (χ1n) is 10.2. The zero-order valence-electron chi connectivity index (χ0n) is 17.1. The van der Waals surface area contributed by atoms with Gasteiger partial charge in [0.15, 0.2) is 0 Å². The van der Waals surface area contributed by atoms with E-state index in [0.717, 1.165) is 25.7 Å². The number of amides is 2. The molecule has 1 saturated carbocycles. The maximum absolute atomic E-state index is 13.4. The number of nitrogens with zero attached hydrogens (tertiary/aromatic N) is 1. The molecule has 0 aliphatic heterocycles. The molecule has 0 aromatic heterocycles. The third kappa shape index (κ3) is 6.07. The number of hydrogen-bond acceptors (Lipinski definition) is 2. The minimum Gasteiger partial charge on any atom is -0.352 e. The lowest BCUT2D eigenvalue weighted by Crippen LogP contribution is -2.50. The van der Waals surface area contributed by atoms with Gasteiger partial charge < -0.3 is 10.2 Å². The van der Waals surface area contributed by atoms with Crippen LogP contribution in [0, 0.1) is 0 Å². The Kier molecular flexibility index (Phi) is 8.51. The highest BCUT2D eigenvalue weighted by molar-refractivity contribution is 6.36. The number of rotatable bonds is 7. The van der Waals surface area contributed by atoms with E-state index in [1.807, 2.05) is 0 Å². The van der Waals surface area contributed by atoms with Gasteiger partial charge in [-0.25, -0.2) is 0 Å². The summed E-state index contributed by atoms with van der Waals surface area (Å²) in [7, 11) is 0. The maximum Gasteiger partial charge on any atom is 0.242 e. The molecule has 166 valence electrons. The average Bonchev–Trinajstić information content (AvgIpc) is 3.23. The molecule has 8 heteroatoms. The van der Waals surface area contributed by atoms with E-state index in [9.17, 15) is 9.59 Å². The second kappa shape index (κ2) is 10.9. The Morgan fingerprint density at radius 3 is 1.94 bits per heavy atom. The summed E-state index contributed by atoms with van der Waals surface area (Å²) in [5.74, 6) is -0.492. The first kappa shape index (κ1) is 24.2. The number of halogens is 4. The van der Waals surface area contributed by atoms with E-state index in [-0.39, 0.29) is 30.8 Å².